The van der Waals surface area contributed by atoms with E-state index in [1.165, 1.54) is 0 Å². The molecule has 0 radical (unpaired) electrons. The van der Waals surface area contributed by atoms with E-state index in [1.807, 2.05) is 0 Å². The van der Waals surface area contributed by atoms with Crippen LogP contribution in [0.15, 0.2) is 30.3 Å². The third-order valence-corrected chi connectivity index (χ3v) is 5.51. The number of ether oxygens (including phenoxy) is 1. The van der Waals surface area contributed by atoms with Gasteiger partial charge in [0.1, 0.15) is 0 Å². The molecule has 0 aromatic heterocycles. The topological polar surface area (TPSA) is 128 Å². The van der Waals surface area contributed by atoms with Crippen molar-refractivity contribution in [3.8, 4) is 11.5 Å². The Balaban J connectivity index is 2.38. The third kappa shape index (κ3) is 6.41. The minimum atomic E-state index is -5.63. The molecule has 0 fully saturated rings. The van der Waals surface area contributed by atoms with Crippen molar-refractivity contribution in [2.45, 2.75) is 13.1 Å². The van der Waals surface area contributed by atoms with E-state index in [9.17, 15) is 39.4 Å². The van der Waals surface area contributed by atoms with Gasteiger partial charge in [0.15, 0.2) is 0 Å². The van der Waals surface area contributed by atoms with Crippen molar-refractivity contribution in [2.24, 2.45) is 0 Å². The quantitative estimate of drug-likeness (QED) is 0.314. The normalized spacial score (nSPS) is 11.8. The van der Waals surface area contributed by atoms with Gasteiger partial charge in [-0.3, -0.25) is 0 Å². The van der Waals surface area contributed by atoms with Crippen LogP contribution in [-0.4, -0.2) is 46.2 Å². The van der Waals surface area contributed by atoms with Gasteiger partial charge >= 0.3 is 164 Å². The van der Waals surface area contributed by atoms with Crippen LogP contribution in [0.4, 0.5) is 34.6 Å². The minimum absolute atomic E-state index is 0.00679. The summed E-state index contributed by atoms with van der Waals surface area (Å²) in [6, 6.07) is 4.95. The number of alkyl halides is 3. The molecule has 0 aliphatic rings. The Hall–Kier alpha value is -2.69. The number of nitrogens with one attached hydrogen (secondary N) is 2. The van der Waals surface area contributed by atoms with Crippen molar-refractivity contribution in [3.63, 3.8) is 0 Å². The van der Waals surface area contributed by atoms with E-state index in [-0.39, 0.29) is 17.1 Å². The van der Waals surface area contributed by atoms with E-state index < -0.39 is 54.5 Å². The summed E-state index contributed by atoms with van der Waals surface area (Å²) in [5.74, 6) is -3.21. The predicted molar refractivity (Wildman–Crippen MR) is 94.2 cm³/mol. The number of hydrogen-bond donors (Lipinski definition) is 5. The number of carbonyl (C=O) groups is 1. The van der Waals surface area contributed by atoms with Crippen LogP contribution in [0, 0.1) is 5.82 Å². The Labute approximate surface area is 164 Å². The van der Waals surface area contributed by atoms with E-state index in [1.54, 1.807) is 0 Å². The standard InChI is InChI=1S/C16H15AsF4N2O6/c1-8(24)22-12-4-10(5-13(25)15(12)17(26,27)28)23-9-2-3-11(18)14(6-9)29-7-16(19,20)21/h2-6,23,25H,7H2,1H3,(H,22,24)(H2,26,27,28). The Bertz CT molecular complexity index is 977. The summed E-state index contributed by atoms with van der Waals surface area (Å²) in [4.78, 5) is 11.3. The maximum absolute atomic E-state index is 13.6. The summed E-state index contributed by atoms with van der Waals surface area (Å²) in [7, 11) is 0. The molecule has 2 aromatic rings. The second-order valence-electron chi connectivity index (χ2n) is 5.79. The van der Waals surface area contributed by atoms with E-state index in [0.29, 0.717) is 0 Å². The van der Waals surface area contributed by atoms with Gasteiger partial charge in [-0.15, -0.1) is 0 Å². The first-order valence-corrected chi connectivity index (χ1v) is 11.1. The first-order valence-electron chi connectivity index (χ1n) is 7.73. The molecule has 8 nitrogen and oxygen atoms in total. The predicted octanol–water partition coefficient (Wildman–Crippen LogP) is 1.74. The molecule has 0 saturated heterocycles. The Kier molecular flexibility index (Phi) is 6.51. The van der Waals surface area contributed by atoms with Gasteiger partial charge in [0.25, 0.3) is 0 Å². The molecular weight excluding hydrogens is 467 g/mol. The van der Waals surface area contributed by atoms with E-state index in [0.717, 1.165) is 37.3 Å². The molecule has 0 unspecified atom stereocenters. The number of halogens is 4. The van der Waals surface area contributed by atoms with Crippen molar-refractivity contribution in [1.82, 2.24) is 0 Å². The van der Waals surface area contributed by atoms with E-state index in [4.69, 9.17) is 0 Å². The van der Waals surface area contributed by atoms with Crippen LogP contribution in [0.5, 0.6) is 11.5 Å². The summed E-state index contributed by atoms with van der Waals surface area (Å²) in [5.41, 5.74) is -0.304. The molecule has 0 atom stereocenters. The Morgan fingerprint density at radius 2 is 1.83 bits per heavy atom. The molecule has 5 N–H and O–H groups in total. The van der Waals surface area contributed by atoms with Gasteiger partial charge in [-0.25, -0.2) is 0 Å². The van der Waals surface area contributed by atoms with Crippen LogP contribution in [-0.2, 0) is 8.53 Å². The van der Waals surface area contributed by atoms with Gasteiger partial charge in [0.2, 0.25) is 0 Å². The molecule has 0 aliphatic heterocycles. The first-order chi connectivity index (χ1) is 13.3. The zero-order chi connectivity index (χ0) is 22.0. The zero-order valence-corrected chi connectivity index (χ0v) is 16.5. The van der Waals surface area contributed by atoms with Gasteiger partial charge in [0, 0.05) is 0 Å². The van der Waals surface area contributed by atoms with Crippen LogP contribution >= 0.6 is 0 Å². The fourth-order valence-corrected chi connectivity index (χ4v) is 3.97. The molecule has 29 heavy (non-hydrogen) atoms. The molecule has 0 bridgehead atoms. The zero-order valence-electron chi connectivity index (χ0n) is 14.6. The van der Waals surface area contributed by atoms with Crippen molar-refractivity contribution >= 4 is 41.5 Å². The molecular formula is C16H15AsF4N2O6. The fraction of sp³-hybridized carbons (Fsp3) is 0.188. The SMILES string of the molecule is CC(=O)Nc1cc(Nc2ccc(F)c(OCC(F)(F)F)c2)cc(O)c1[As](=O)(O)O. The van der Waals surface area contributed by atoms with Crippen molar-refractivity contribution in [3.05, 3.63) is 36.1 Å². The molecule has 0 heterocycles. The average molecular weight is 482 g/mol. The van der Waals surface area contributed by atoms with Crippen molar-refractivity contribution in [1.29, 1.82) is 0 Å². The Morgan fingerprint density at radius 1 is 1.17 bits per heavy atom. The van der Waals surface area contributed by atoms with Gasteiger partial charge in [-0.05, 0) is 0 Å². The summed E-state index contributed by atoms with van der Waals surface area (Å²) < 4.78 is 84.6. The second kappa shape index (κ2) is 8.35. The number of rotatable bonds is 6. The van der Waals surface area contributed by atoms with Gasteiger partial charge in [-0.2, -0.15) is 0 Å². The second-order valence-corrected chi connectivity index (χ2v) is 9.01. The number of benzene rings is 2. The van der Waals surface area contributed by atoms with E-state index in [2.05, 4.69) is 15.4 Å². The molecule has 2 aromatic carbocycles. The number of aromatic hydroxyl groups is 1. The molecule has 0 saturated carbocycles. The van der Waals surface area contributed by atoms with Crippen LogP contribution in [0.1, 0.15) is 6.92 Å². The van der Waals surface area contributed by atoms with Gasteiger partial charge < -0.3 is 0 Å². The summed E-state index contributed by atoms with van der Waals surface area (Å²) in [6.07, 6.45) is -4.67. The monoisotopic (exact) mass is 482 g/mol. The van der Waals surface area contributed by atoms with Gasteiger partial charge in [0.05, 0.1) is 0 Å². The molecule has 158 valence electrons. The van der Waals surface area contributed by atoms with E-state index >= 15 is 0 Å². The number of carbonyl (C=O) groups excluding carboxylic acids is 1. The first kappa shape index (κ1) is 22.6. The van der Waals surface area contributed by atoms with Crippen LogP contribution in [0.2, 0.25) is 0 Å². The number of phenolic OH excluding ortho intramolecular Hbond substituents is 1. The third-order valence-electron chi connectivity index (χ3n) is 3.30. The van der Waals surface area contributed by atoms with Gasteiger partial charge in [-0.1, -0.05) is 0 Å². The number of phenols is 1. The van der Waals surface area contributed by atoms with Crippen LogP contribution in [0.3, 0.4) is 0 Å². The summed E-state index contributed by atoms with van der Waals surface area (Å²) >= 11 is -5.63. The molecule has 2 rings (SSSR count). The average Bonchev–Trinajstić information content (AvgIpc) is 2.52. The summed E-state index contributed by atoms with van der Waals surface area (Å²) in [6.45, 7) is -0.627. The van der Waals surface area contributed by atoms with Crippen molar-refractivity contribution in [2.75, 3.05) is 17.2 Å². The van der Waals surface area contributed by atoms with Crippen LogP contribution < -0.4 is 19.7 Å². The summed E-state index contributed by atoms with van der Waals surface area (Å²) in [5, 5.41) is 14.8. The molecule has 13 heteroatoms. The maximum atomic E-state index is 13.6. The number of hydrogen-bond acceptors (Lipinski definition) is 5. The molecule has 1 amide bonds. The van der Waals surface area contributed by atoms with Crippen molar-refractivity contribution < 1.29 is 44.1 Å². The Morgan fingerprint density at radius 3 is 2.38 bits per heavy atom. The molecule has 0 spiro atoms. The fourth-order valence-electron chi connectivity index (χ4n) is 2.30. The number of amides is 1. The van der Waals surface area contributed by atoms with Crippen LogP contribution in [0.25, 0.3) is 0 Å². The number of anilines is 3. The molecule has 0 aliphatic carbocycles.